The number of halogens is 1. The van der Waals surface area contributed by atoms with Crippen LogP contribution in [0.15, 0.2) is 48.5 Å². The molecular formula is C16H18FNO. The maximum absolute atomic E-state index is 13.2. The topological polar surface area (TPSA) is 21.3 Å². The Kier molecular flexibility index (Phi) is 4.53. The molecule has 0 aliphatic heterocycles. The molecular weight excluding hydrogens is 241 g/mol. The van der Waals surface area contributed by atoms with E-state index >= 15 is 0 Å². The van der Waals surface area contributed by atoms with Crippen LogP contribution in [0.1, 0.15) is 24.1 Å². The molecule has 2 aromatic carbocycles. The molecule has 0 aliphatic rings. The molecule has 2 rings (SSSR count). The normalized spacial score (nSPS) is 12.2. The summed E-state index contributed by atoms with van der Waals surface area (Å²) in [4.78, 5) is 0. The second-order valence-corrected chi connectivity index (χ2v) is 4.47. The molecule has 2 aromatic rings. The van der Waals surface area contributed by atoms with Gasteiger partial charge in [-0.3, -0.25) is 0 Å². The number of ether oxygens (including phenoxy) is 1. The van der Waals surface area contributed by atoms with Gasteiger partial charge in [0.05, 0.1) is 7.11 Å². The summed E-state index contributed by atoms with van der Waals surface area (Å²) in [6.07, 6.45) is 0. The van der Waals surface area contributed by atoms with Crippen LogP contribution < -0.4 is 10.1 Å². The lowest BCUT2D eigenvalue weighted by Crippen LogP contribution is -2.18. The van der Waals surface area contributed by atoms with Gasteiger partial charge in [0, 0.05) is 18.2 Å². The number of hydrogen-bond donors (Lipinski definition) is 1. The van der Waals surface area contributed by atoms with Crippen LogP contribution in [0.2, 0.25) is 0 Å². The third kappa shape index (κ3) is 3.55. The summed E-state index contributed by atoms with van der Waals surface area (Å²) in [5, 5.41) is 3.37. The van der Waals surface area contributed by atoms with Gasteiger partial charge in [-0.05, 0) is 30.7 Å². The van der Waals surface area contributed by atoms with Crippen LogP contribution in [0, 0.1) is 5.82 Å². The summed E-state index contributed by atoms with van der Waals surface area (Å²) >= 11 is 0. The van der Waals surface area contributed by atoms with Crippen LogP contribution in [-0.4, -0.2) is 7.11 Å². The van der Waals surface area contributed by atoms with Crippen molar-refractivity contribution in [2.24, 2.45) is 0 Å². The highest BCUT2D eigenvalue weighted by Crippen LogP contribution is 2.19. The van der Waals surface area contributed by atoms with Crippen molar-refractivity contribution < 1.29 is 9.13 Å². The molecule has 0 bridgehead atoms. The molecule has 0 aromatic heterocycles. The molecule has 0 spiro atoms. The molecule has 1 atom stereocenters. The van der Waals surface area contributed by atoms with Crippen LogP contribution in [0.3, 0.4) is 0 Å². The van der Waals surface area contributed by atoms with Gasteiger partial charge in [-0.15, -0.1) is 0 Å². The van der Waals surface area contributed by atoms with Crippen molar-refractivity contribution in [2.75, 3.05) is 7.11 Å². The zero-order valence-corrected chi connectivity index (χ0v) is 11.2. The Hall–Kier alpha value is -1.87. The number of hydrogen-bond acceptors (Lipinski definition) is 2. The van der Waals surface area contributed by atoms with Crippen LogP contribution in [0.5, 0.6) is 5.75 Å². The van der Waals surface area contributed by atoms with Gasteiger partial charge in [-0.25, -0.2) is 4.39 Å². The lowest BCUT2D eigenvalue weighted by atomic mass is 10.1. The van der Waals surface area contributed by atoms with Crippen molar-refractivity contribution in [2.45, 2.75) is 19.5 Å². The zero-order chi connectivity index (χ0) is 13.7. The summed E-state index contributed by atoms with van der Waals surface area (Å²) in [5.41, 5.74) is 2.03. The van der Waals surface area contributed by atoms with E-state index in [4.69, 9.17) is 4.74 Å². The summed E-state index contributed by atoms with van der Waals surface area (Å²) in [5.74, 6) is 0.657. The van der Waals surface area contributed by atoms with E-state index in [0.717, 1.165) is 16.9 Å². The number of para-hydroxylation sites is 1. The van der Waals surface area contributed by atoms with E-state index in [0.29, 0.717) is 6.54 Å². The highest BCUT2D eigenvalue weighted by atomic mass is 19.1. The highest BCUT2D eigenvalue weighted by Gasteiger charge is 2.07. The summed E-state index contributed by atoms with van der Waals surface area (Å²) in [6.45, 7) is 2.70. The molecule has 0 heterocycles. The van der Waals surface area contributed by atoms with Crippen LogP contribution >= 0.6 is 0 Å². The zero-order valence-electron chi connectivity index (χ0n) is 11.2. The van der Waals surface area contributed by atoms with E-state index in [1.807, 2.05) is 37.3 Å². The van der Waals surface area contributed by atoms with Crippen molar-refractivity contribution in [1.29, 1.82) is 0 Å². The van der Waals surface area contributed by atoms with Crippen molar-refractivity contribution >= 4 is 0 Å². The van der Waals surface area contributed by atoms with Crippen molar-refractivity contribution in [3.63, 3.8) is 0 Å². The second kappa shape index (κ2) is 6.34. The Balaban J connectivity index is 2.02. The fourth-order valence-corrected chi connectivity index (χ4v) is 2.01. The smallest absolute Gasteiger partial charge is 0.123 e. The Morgan fingerprint density at radius 1 is 1.16 bits per heavy atom. The third-order valence-corrected chi connectivity index (χ3v) is 3.14. The molecule has 1 N–H and O–H groups in total. The van der Waals surface area contributed by atoms with Crippen LogP contribution in [-0.2, 0) is 6.54 Å². The number of rotatable bonds is 5. The Labute approximate surface area is 113 Å². The fraction of sp³-hybridized carbons (Fsp3) is 0.250. The van der Waals surface area contributed by atoms with E-state index in [1.54, 1.807) is 19.2 Å². The van der Waals surface area contributed by atoms with Crippen molar-refractivity contribution in [3.8, 4) is 5.75 Å². The van der Waals surface area contributed by atoms with Crippen molar-refractivity contribution in [3.05, 3.63) is 65.5 Å². The first kappa shape index (κ1) is 13.6. The number of nitrogens with one attached hydrogen (secondary N) is 1. The van der Waals surface area contributed by atoms with Crippen molar-refractivity contribution in [1.82, 2.24) is 5.32 Å². The minimum absolute atomic E-state index is 0.0839. The predicted molar refractivity (Wildman–Crippen MR) is 74.6 cm³/mol. The number of benzene rings is 2. The highest BCUT2D eigenvalue weighted by molar-refractivity contribution is 5.33. The maximum atomic E-state index is 13.2. The first-order valence-electron chi connectivity index (χ1n) is 6.31. The minimum atomic E-state index is -0.205. The molecule has 0 aliphatic carbocycles. The molecule has 0 saturated heterocycles. The maximum Gasteiger partial charge on any atom is 0.123 e. The van der Waals surface area contributed by atoms with Gasteiger partial charge in [0.2, 0.25) is 0 Å². The van der Waals surface area contributed by atoms with E-state index < -0.39 is 0 Å². The average Bonchev–Trinajstić information content (AvgIpc) is 2.45. The van der Waals surface area contributed by atoms with Gasteiger partial charge in [0.1, 0.15) is 11.6 Å². The molecule has 2 nitrogen and oxygen atoms in total. The van der Waals surface area contributed by atoms with E-state index in [9.17, 15) is 4.39 Å². The Morgan fingerprint density at radius 2 is 1.95 bits per heavy atom. The number of methoxy groups -OCH3 is 1. The molecule has 1 unspecified atom stereocenters. The van der Waals surface area contributed by atoms with E-state index in [1.165, 1.54) is 6.07 Å². The predicted octanol–water partition coefficient (Wildman–Crippen LogP) is 3.69. The monoisotopic (exact) mass is 259 g/mol. The average molecular weight is 259 g/mol. The van der Waals surface area contributed by atoms with Gasteiger partial charge < -0.3 is 10.1 Å². The molecule has 0 saturated carbocycles. The quantitative estimate of drug-likeness (QED) is 0.884. The molecule has 0 radical (unpaired) electrons. The first-order chi connectivity index (χ1) is 9.20. The van der Waals surface area contributed by atoms with Gasteiger partial charge >= 0.3 is 0 Å². The largest absolute Gasteiger partial charge is 0.496 e. The summed E-state index contributed by atoms with van der Waals surface area (Å²) in [7, 11) is 1.66. The SMILES string of the molecule is COc1ccccc1CNC(C)c1cccc(F)c1. The fourth-order valence-electron chi connectivity index (χ4n) is 2.01. The molecule has 19 heavy (non-hydrogen) atoms. The molecule has 100 valence electrons. The third-order valence-electron chi connectivity index (χ3n) is 3.14. The Bertz CT molecular complexity index is 542. The van der Waals surface area contributed by atoms with E-state index in [-0.39, 0.29) is 11.9 Å². The first-order valence-corrected chi connectivity index (χ1v) is 6.31. The minimum Gasteiger partial charge on any atom is -0.496 e. The Morgan fingerprint density at radius 3 is 2.68 bits per heavy atom. The molecule has 0 amide bonds. The van der Waals surface area contributed by atoms with Gasteiger partial charge in [0.25, 0.3) is 0 Å². The lowest BCUT2D eigenvalue weighted by Gasteiger charge is -2.15. The van der Waals surface area contributed by atoms with Gasteiger partial charge in [-0.1, -0.05) is 30.3 Å². The van der Waals surface area contributed by atoms with Gasteiger partial charge in [0.15, 0.2) is 0 Å². The lowest BCUT2D eigenvalue weighted by molar-refractivity contribution is 0.406. The summed E-state index contributed by atoms with van der Waals surface area (Å²) in [6, 6.07) is 14.6. The second-order valence-electron chi connectivity index (χ2n) is 4.47. The standard InChI is InChI=1S/C16H18FNO/c1-12(13-7-5-8-15(17)10-13)18-11-14-6-3-4-9-16(14)19-2/h3-10,12,18H,11H2,1-2H3. The van der Waals surface area contributed by atoms with Gasteiger partial charge in [-0.2, -0.15) is 0 Å². The van der Waals surface area contributed by atoms with E-state index in [2.05, 4.69) is 5.32 Å². The summed E-state index contributed by atoms with van der Waals surface area (Å²) < 4.78 is 18.5. The molecule has 3 heteroatoms. The molecule has 0 fully saturated rings. The van der Waals surface area contributed by atoms with Crippen LogP contribution in [0.4, 0.5) is 4.39 Å². The van der Waals surface area contributed by atoms with Crippen LogP contribution in [0.25, 0.3) is 0 Å².